The lowest BCUT2D eigenvalue weighted by molar-refractivity contribution is 0.450. The molecule has 0 fully saturated rings. The lowest BCUT2D eigenvalue weighted by Crippen LogP contribution is -2.22. The Morgan fingerprint density at radius 2 is 2.00 bits per heavy atom. The number of benzene rings is 1. The van der Waals surface area contributed by atoms with E-state index in [9.17, 15) is 0 Å². The highest BCUT2D eigenvalue weighted by atomic mass is 16.5. The summed E-state index contributed by atoms with van der Waals surface area (Å²) in [6.45, 7) is 7.00. The van der Waals surface area contributed by atoms with E-state index in [0.29, 0.717) is 18.5 Å². The molecule has 2 rings (SSSR count). The number of ether oxygens (including phenoxy) is 1. The maximum atomic E-state index is 5.85. The molecule has 0 radical (unpaired) electrons. The molecule has 1 heterocycles. The maximum absolute atomic E-state index is 5.85. The molecule has 20 heavy (non-hydrogen) atoms. The summed E-state index contributed by atoms with van der Waals surface area (Å²) in [5.74, 6) is 1.38. The van der Waals surface area contributed by atoms with Crippen molar-refractivity contribution in [1.29, 1.82) is 0 Å². The first-order valence-corrected chi connectivity index (χ1v) is 6.99. The molecule has 1 aromatic heterocycles. The SMILES string of the molecule is CCc1ccccc1Oc1cncc(CNC(C)C)n1. The average Bonchev–Trinajstić information content (AvgIpc) is 2.46. The minimum atomic E-state index is 0.419. The molecule has 0 unspecified atom stereocenters. The zero-order valence-corrected chi connectivity index (χ0v) is 12.3. The van der Waals surface area contributed by atoms with Crippen molar-refractivity contribution < 1.29 is 4.74 Å². The molecule has 0 aliphatic rings. The largest absolute Gasteiger partial charge is 0.437 e. The smallest absolute Gasteiger partial charge is 0.238 e. The lowest BCUT2D eigenvalue weighted by Gasteiger charge is -2.10. The van der Waals surface area contributed by atoms with Crippen LogP contribution in [0.2, 0.25) is 0 Å². The Kier molecular flexibility index (Phi) is 5.07. The molecule has 0 bridgehead atoms. The molecule has 106 valence electrons. The average molecular weight is 271 g/mol. The van der Waals surface area contributed by atoms with Crippen LogP contribution in [0.5, 0.6) is 11.6 Å². The number of nitrogens with one attached hydrogen (secondary N) is 1. The van der Waals surface area contributed by atoms with Crippen LogP contribution in [0.3, 0.4) is 0 Å². The Morgan fingerprint density at radius 1 is 1.20 bits per heavy atom. The Hall–Kier alpha value is -1.94. The van der Waals surface area contributed by atoms with Gasteiger partial charge in [-0.3, -0.25) is 4.98 Å². The second-order valence-electron chi connectivity index (χ2n) is 4.95. The van der Waals surface area contributed by atoms with E-state index in [1.807, 2.05) is 18.2 Å². The summed E-state index contributed by atoms with van der Waals surface area (Å²) in [5, 5.41) is 3.32. The third-order valence-electron chi connectivity index (χ3n) is 2.92. The predicted molar refractivity (Wildman–Crippen MR) is 79.9 cm³/mol. The highest BCUT2D eigenvalue weighted by Crippen LogP contribution is 2.23. The summed E-state index contributed by atoms with van der Waals surface area (Å²) >= 11 is 0. The highest BCUT2D eigenvalue weighted by Gasteiger charge is 2.05. The number of hydrogen-bond donors (Lipinski definition) is 1. The van der Waals surface area contributed by atoms with Crippen molar-refractivity contribution >= 4 is 0 Å². The molecule has 0 amide bonds. The normalized spacial score (nSPS) is 10.8. The van der Waals surface area contributed by atoms with Crippen LogP contribution in [-0.4, -0.2) is 16.0 Å². The quantitative estimate of drug-likeness (QED) is 0.875. The van der Waals surface area contributed by atoms with Gasteiger partial charge in [0.1, 0.15) is 5.75 Å². The van der Waals surface area contributed by atoms with Gasteiger partial charge in [-0.1, -0.05) is 39.0 Å². The first-order chi connectivity index (χ1) is 9.69. The topological polar surface area (TPSA) is 47.0 Å². The molecule has 0 saturated heterocycles. The van der Waals surface area contributed by atoms with E-state index in [-0.39, 0.29) is 0 Å². The van der Waals surface area contributed by atoms with Crippen LogP contribution in [0, 0.1) is 0 Å². The summed E-state index contributed by atoms with van der Waals surface area (Å²) in [7, 11) is 0. The van der Waals surface area contributed by atoms with Gasteiger partial charge in [-0.05, 0) is 18.1 Å². The van der Waals surface area contributed by atoms with Gasteiger partial charge in [0.15, 0.2) is 0 Å². The van der Waals surface area contributed by atoms with E-state index < -0.39 is 0 Å². The molecule has 1 N–H and O–H groups in total. The lowest BCUT2D eigenvalue weighted by atomic mass is 10.1. The van der Waals surface area contributed by atoms with Gasteiger partial charge in [0.2, 0.25) is 5.88 Å². The fraction of sp³-hybridized carbons (Fsp3) is 0.375. The molecule has 0 aliphatic heterocycles. The van der Waals surface area contributed by atoms with Crippen LogP contribution in [0.15, 0.2) is 36.7 Å². The first-order valence-electron chi connectivity index (χ1n) is 6.99. The molecule has 0 aliphatic carbocycles. The van der Waals surface area contributed by atoms with Crippen molar-refractivity contribution in [2.45, 2.75) is 39.8 Å². The predicted octanol–water partition coefficient (Wildman–Crippen LogP) is 3.33. The molecule has 0 atom stereocenters. The monoisotopic (exact) mass is 271 g/mol. The van der Waals surface area contributed by atoms with Gasteiger partial charge in [-0.15, -0.1) is 0 Å². The fourth-order valence-electron chi connectivity index (χ4n) is 1.84. The van der Waals surface area contributed by atoms with Gasteiger partial charge < -0.3 is 10.1 Å². The van der Waals surface area contributed by atoms with Crippen molar-refractivity contribution in [3.8, 4) is 11.6 Å². The molecule has 4 heteroatoms. The van der Waals surface area contributed by atoms with Crippen LogP contribution in [-0.2, 0) is 13.0 Å². The summed E-state index contributed by atoms with van der Waals surface area (Å²) in [6.07, 6.45) is 4.33. The second kappa shape index (κ2) is 7.01. The van der Waals surface area contributed by atoms with Crippen molar-refractivity contribution in [1.82, 2.24) is 15.3 Å². The van der Waals surface area contributed by atoms with Crippen LogP contribution < -0.4 is 10.1 Å². The number of para-hydroxylation sites is 1. The minimum Gasteiger partial charge on any atom is -0.437 e. The van der Waals surface area contributed by atoms with Crippen LogP contribution in [0.25, 0.3) is 0 Å². The third-order valence-corrected chi connectivity index (χ3v) is 2.92. The van der Waals surface area contributed by atoms with E-state index >= 15 is 0 Å². The number of hydrogen-bond acceptors (Lipinski definition) is 4. The number of rotatable bonds is 6. The Labute approximate surface area is 120 Å². The van der Waals surface area contributed by atoms with Gasteiger partial charge in [0, 0.05) is 18.8 Å². The first kappa shape index (κ1) is 14.5. The molecule has 1 aromatic carbocycles. The standard InChI is InChI=1S/C16H21N3O/c1-4-13-7-5-6-8-15(13)20-16-11-17-9-14(19-16)10-18-12(2)3/h5-9,11-12,18H,4,10H2,1-3H3. The van der Waals surface area contributed by atoms with Gasteiger partial charge in [0.05, 0.1) is 11.9 Å². The second-order valence-corrected chi connectivity index (χ2v) is 4.95. The number of aryl methyl sites for hydroxylation is 1. The molecule has 0 spiro atoms. The van der Waals surface area contributed by atoms with Crippen molar-refractivity contribution in [3.63, 3.8) is 0 Å². The highest BCUT2D eigenvalue weighted by molar-refractivity contribution is 5.35. The van der Waals surface area contributed by atoms with Crippen LogP contribution >= 0.6 is 0 Å². The zero-order valence-electron chi connectivity index (χ0n) is 12.3. The van der Waals surface area contributed by atoms with Gasteiger partial charge in [-0.25, -0.2) is 4.98 Å². The van der Waals surface area contributed by atoms with Crippen molar-refractivity contribution in [3.05, 3.63) is 47.9 Å². The number of nitrogens with zero attached hydrogens (tertiary/aromatic N) is 2. The Bertz CT molecular complexity index is 555. The van der Waals surface area contributed by atoms with Gasteiger partial charge in [0.25, 0.3) is 0 Å². The zero-order chi connectivity index (χ0) is 14.4. The minimum absolute atomic E-state index is 0.419. The molecule has 0 saturated carbocycles. The van der Waals surface area contributed by atoms with Crippen LogP contribution in [0.4, 0.5) is 0 Å². The van der Waals surface area contributed by atoms with Crippen molar-refractivity contribution in [2.24, 2.45) is 0 Å². The fourth-order valence-corrected chi connectivity index (χ4v) is 1.84. The van der Waals surface area contributed by atoms with Crippen molar-refractivity contribution in [2.75, 3.05) is 0 Å². The number of aromatic nitrogens is 2. The summed E-state index contributed by atoms with van der Waals surface area (Å²) in [6, 6.07) is 8.42. The molecular weight excluding hydrogens is 250 g/mol. The van der Waals surface area contributed by atoms with E-state index in [1.54, 1.807) is 12.4 Å². The van der Waals surface area contributed by atoms with E-state index in [0.717, 1.165) is 17.9 Å². The molecular formula is C16H21N3O. The maximum Gasteiger partial charge on any atom is 0.238 e. The van der Waals surface area contributed by atoms with E-state index in [2.05, 4.69) is 42.1 Å². The van der Waals surface area contributed by atoms with Gasteiger partial charge in [-0.2, -0.15) is 0 Å². The van der Waals surface area contributed by atoms with E-state index in [1.165, 1.54) is 5.56 Å². The summed E-state index contributed by atoms with van der Waals surface area (Å²) < 4.78 is 5.85. The Morgan fingerprint density at radius 3 is 2.75 bits per heavy atom. The van der Waals surface area contributed by atoms with Gasteiger partial charge >= 0.3 is 0 Å². The molecule has 2 aromatic rings. The summed E-state index contributed by atoms with van der Waals surface area (Å²) in [4.78, 5) is 8.65. The van der Waals surface area contributed by atoms with E-state index in [4.69, 9.17) is 4.74 Å². The molecule has 4 nitrogen and oxygen atoms in total. The van der Waals surface area contributed by atoms with Crippen LogP contribution in [0.1, 0.15) is 32.0 Å². The Balaban J connectivity index is 2.11. The summed E-state index contributed by atoms with van der Waals surface area (Å²) in [5.41, 5.74) is 2.05. The third kappa shape index (κ3) is 4.03.